The quantitative estimate of drug-likeness (QED) is 0.220. The molecule has 166 valence electrons. The monoisotopic (exact) mass is 465 g/mol. The average molecular weight is 466 g/mol. The molecule has 0 atom stereocenters. The van der Waals surface area contributed by atoms with Crippen LogP contribution in [0.5, 0.6) is 0 Å². The van der Waals surface area contributed by atoms with Crippen LogP contribution in [0, 0.1) is 10.1 Å². The van der Waals surface area contributed by atoms with Gasteiger partial charge in [0, 0.05) is 22.3 Å². The van der Waals surface area contributed by atoms with E-state index in [0.717, 1.165) is 41.8 Å². The molecule has 2 aromatic rings. The first-order valence-electron chi connectivity index (χ1n) is 9.48. The largest absolute Gasteiger partial charge is 0.314 e. The Hall–Kier alpha value is -2.92. The highest BCUT2D eigenvalue weighted by molar-refractivity contribution is 7.99. The first-order chi connectivity index (χ1) is 14.6. The van der Waals surface area contributed by atoms with E-state index in [0.29, 0.717) is 6.42 Å². The third-order valence-electron chi connectivity index (χ3n) is 4.07. The van der Waals surface area contributed by atoms with Crippen molar-refractivity contribution in [3.8, 4) is 0 Å². The number of carbonyl (C=O) groups is 2. The first kappa shape index (κ1) is 24.4. The van der Waals surface area contributed by atoms with E-state index in [-0.39, 0.29) is 22.7 Å². The summed E-state index contributed by atoms with van der Waals surface area (Å²) in [5.41, 5.74) is -0.662. The van der Waals surface area contributed by atoms with E-state index in [4.69, 9.17) is 0 Å². The van der Waals surface area contributed by atoms with Gasteiger partial charge >= 0.3 is 0 Å². The molecular weight excluding hydrogens is 442 g/mol. The van der Waals surface area contributed by atoms with Gasteiger partial charge in [0.15, 0.2) is 0 Å². The molecule has 31 heavy (non-hydrogen) atoms. The number of amides is 1. The third kappa shape index (κ3) is 7.68. The summed E-state index contributed by atoms with van der Waals surface area (Å²) in [6.45, 7) is 1.96. The van der Waals surface area contributed by atoms with Crippen LogP contribution in [-0.4, -0.2) is 31.3 Å². The zero-order valence-corrected chi connectivity index (χ0v) is 18.7. The summed E-state index contributed by atoms with van der Waals surface area (Å²) in [4.78, 5) is 36.2. The van der Waals surface area contributed by atoms with Gasteiger partial charge < -0.3 is 5.32 Å². The minimum absolute atomic E-state index is 0.0316. The number of ketones is 1. The molecule has 1 amide bonds. The maximum absolute atomic E-state index is 12.2. The number of carbonyl (C=O) groups excluding carboxylic acids is 2. The van der Waals surface area contributed by atoms with Gasteiger partial charge in [-0.1, -0.05) is 49.7 Å². The molecule has 0 saturated carbocycles. The Morgan fingerprint density at radius 1 is 1.10 bits per heavy atom. The molecule has 0 aliphatic heterocycles. The van der Waals surface area contributed by atoms with Crippen LogP contribution in [0.25, 0.3) is 0 Å². The van der Waals surface area contributed by atoms with Crippen LogP contribution < -0.4 is 10.0 Å². The predicted molar refractivity (Wildman–Crippen MR) is 120 cm³/mol. The topological polar surface area (TPSA) is 135 Å². The van der Waals surface area contributed by atoms with Gasteiger partial charge in [-0.15, -0.1) is 0 Å². The SMILES string of the molecule is CCCCCC(=O)C(=O)Nc1cc(NS(C)(=O)=O)c(Sc2ccccc2)cc1[N+](=O)[O-]. The summed E-state index contributed by atoms with van der Waals surface area (Å²) >= 11 is 1.12. The number of unbranched alkanes of at least 4 members (excludes halogenated alkanes) is 2. The number of hydrogen-bond acceptors (Lipinski definition) is 7. The second kappa shape index (κ2) is 10.9. The van der Waals surface area contributed by atoms with E-state index in [1.54, 1.807) is 30.3 Å². The van der Waals surface area contributed by atoms with Crippen molar-refractivity contribution in [3.05, 3.63) is 52.6 Å². The molecule has 2 N–H and O–H groups in total. The summed E-state index contributed by atoms with van der Waals surface area (Å²) in [6, 6.07) is 11.2. The first-order valence-corrected chi connectivity index (χ1v) is 12.2. The lowest BCUT2D eigenvalue weighted by Gasteiger charge is -2.14. The Kier molecular flexibility index (Phi) is 8.57. The number of anilines is 2. The van der Waals surface area contributed by atoms with E-state index in [1.165, 1.54) is 6.07 Å². The van der Waals surface area contributed by atoms with Crippen molar-refractivity contribution in [3.63, 3.8) is 0 Å². The summed E-state index contributed by atoms with van der Waals surface area (Å²) in [5.74, 6) is -1.67. The number of nitro groups is 1. The van der Waals surface area contributed by atoms with Gasteiger partial charge in [0.25, 0.3) is 11.6 Å². The fourth-order valence-electron chi connectivity index (χ4n) is 2.64. The second-order valence-electron chi connectivity index (χ2n) is 6.75. The van der Waals surface area contributed by atoms with Gasteiger partial charge in [-0.2, -0.15) is 0 Å². The highest BCUT2D eigenvalue weighted by Crippen LogP contribution is 2.40. The standard InChI is InChI=1S/C20H23N3O6S2/c1-3-4-6-11-18(24)20(25)21-15-12-16(22-31(2,28)29)19(13-17(15)23(26)27)30-14-9-7-5-8-10-14/h5,7-10,12-13,22H,3-4,6,11H2,1-2H3,(H,21,25). The molecule has 0 unspecified atom stereocenters. The summed E-state index contributed by atoms with van der Waals surface area (Å²) in [5, 5.41) is 13.9. The highest BCUT2D eigenvalue weighted by atomic mass is 32.2. The number of sulfonamides is 1. The second-order valence-corrected chi connectivity index (χ2v) is 9.61. The molecule has 0 fully saturated rings. The van der Waals surface area contributed by atoms with Gasteiger partial charge in [-0.3, -0.25) is 24.4 Å². The van der Waals surface area contributed by atoms with E-state index < -0.39 is 32.3 Å². The minimum Gasteiger partial charge on any atom is -0.314 e. The molecule has 0 spiro atoms. The summed E-state index contributed by atoms with van der Waals surface area (Å²) < 4.78 is 25.9. The zero-order valence-electron chi connectivity index (χ0n) is 17.1. The fraction of sp³-hybridized carbons (Fsp3) is 0.300. The molecule has 0 saturated heterocycles. The average Bonchev–Trinajstić information content (AvgIpc) is 2.69. The lowest BCUT2D eigenvalue weighted by molar-refractivity contribution is -0.384. The van der Waals surface area contributed by atoms with Crippen molar-refractivity contribution in [1.82, 2.24) is 0 Å². The number of nitrogens with one attached hydrogen (secondary N) is 2. The molecule has 0 bridgehead atoms. The molecule has 0 aromatic heterocycles. The van der Waals surface area contributed by atoms with Gasteiger partial charge in [0.05, 0.1) is 16.9 Å². The number of hydrogen-bond donors (Lipinski definition) is 2. The van der Waals surface area contributed by atoms with Gasteiger partial charge in [-0.05, 0) is 24.6 Å². The molecule has 11 heteroatoms. The predicted octanol–water partition coefficient (Wildman–Crippen LogP) is 4.21. The number of benzene rings is 2. The fourth-order valence-corrected chi connectivity index (χ4v) is 4.21. The van der Waals surface area contributed by atoms with Crippen LogP contribution in [0.3, 0.4) is 0 Å². The van der Waals surface area contributed by atoms with Crippen molar-refractivity contribution in [2.75, 3.05) is 16.3 Å². The summed E-state index contributed by atoms with van der Waals surface area (Å²) in [6.07, 6.45) is 3.18. The number of nitrogens with zero attached hydrogens (tertiary/aromatic N) is 1. The molecule has 2 aromatic carbocycles. The molecule has 0 aliphatic rings. The maximum Gasteiger partial charge on any atom is 0.294 e. The van der Waals surface area contributed by atoms with Gasteiger partial charge in [0.2, 0.25) is 15.8 Å². The van der Waals surface area contributed by atoms with Crippen LogP contribution in [0.4, 0.5) is 17.1 Å². The van der Waals surface area contributed by atoms with Gasteiger partial charge in [0.1, 0.15) is 5.69 Å². The number of nitro benzene ring substituents is 1. The van der Waals surface area contributed by atoms with Crippen molar-refractivity contribution in [2.45, 2.75) is 42.4 Å². The lowest BCUT2D eigenvalue weighted by atomic mass is 10.1. The normalized spacial score (nSPS) is 11.0. The summed E-state index contributed by atoms with van der Waals surface area (Å²) in [7, 11) is -3.71. The number of rotatable bonds is 11. The van der Waals surface area contributed by atoms with E-state index >= 15 is 0 Å². The highest BCUT2D eigenvalue weighted by Gasteiger charge is 2.24. The van der Waals surface area contributed by atoms with Crippen LogP contribution in [0.2, 0.25) is 0 Å². The lowest BCUT2D eigenvalue weighted by Crippen LogP contribution is -2.23. The number of Topliss-reactive ketones (excluding diaryl/α,β-unsaturated/α-hetero) is 1. The Balaban J connectivity index is 2.43. The van der Waals surface area contributed by atoms with Crippen LogP contribution in [0.1, 0.15) is 32.6 Å². The van der Waals surface area contributed by atoms with E-state index in [1.807, 2.05) is 6.92 Å². The van der Waals surface area contributed by atoms with E-state index in [2.05, 4.69) is 10.0 Å². The molecular formula is C20H23N3O6S2. The minimum atomic E-state index is -3.71. The Morgan fingerprint density at radius 3 is 2.35 bits per heavy atom. The van der Waals surface area contributed by atoms with Crippen LogP contribution >= 0.6 is 11.8 Å². The molecule has 0 radical (unpaired) electrons. The Bertz CT molecular complexity index is 1070. The smallest absolute Gasteiger partial charge is 0.294 e. The van der Waals surface area contributed by atoms with Crippen molar-refractivity contribution in [2.24, 2.45) is 0 Å². The molecule has 0 heterocycles. The van der Waals surface area contributed by atoms with Crippen molar-refractivity contribution >= 4 is 50.5 Å². The van der Waals surface area contributed by atoms with E-state index in [9.17, 15) is 28.1 Å². The Morgan fingerprint density at radius 2 is 1.77 bits per heavy atom. The van der Waals surface area contributed by atoms with Crippen LogP contribution in [0.15, 0.2) is 52.3 Å². The Labute approximate surface area is 184 Å². The third-order valence-corrected chi connectivity index (χ3v) is 5.73. The molecule has 0 aliphatic carbocycles. The van der Waals surface area contributed by atoms with Crippen LogP contribution in [-0.2, 0) is 19.6 Å². The maximum atomic E-state index is 12.2. The van der Waals surface area contributed by atoms with Crippen molar-refractivity contribution < 1.29 is 22.9 Å². The molecule has 2 rings (SSSR count). The van der Waals surface area contributed by atoms with Crippen molar-refractivity contribution in [1.29, 1.82) is 0 Å². The van der Waals surface area contributed by atoms with Gasteiger partial charge in [-0.25, -0.2) is 8.42 Å². The zero-order chi connectivity index (χ0) is 23.0. The molecule has 9 nitrogen and oxygen atoms in total.